The fourth-order valence-electron chi connectivity index (χ4n) is 2.21. The maximum atomic E-state index is 5.38. The monoisotopic (exact) mass is 281 g/mol. The average molecular weight is 281 g/mol. The Balaban J connectivity index is 2.82. The standard InChI is InChI=1S/C16H27NO3/c1-5-10-17-14(7-6-11-18-2)13-8-9-15(19-3)16(12-13)20-4/h8-9,12,14,17H,5-7,10-11H2,1-4H3. The number of benzene rings is 1. The minimum atomic E-state index is 0.324. The van der Waals surface area contributed by atoms with Gasteiger partial charge in [0, 0.05) is 19.8 Å². The molecule has 4 nitrogen and oxygen atoms in total. The van der Waals surface area contributed by atoms with E-state index >= 15 is 0 Å². The Morgan fingerprint density at radius 2 is 1.85 bits per heavy atom. The summed E-state index contributed by atoms with van der Waals surface area (Å²) in [7, 11) is 5.06. The smallest absolute Gasteiger partial charge is 0.161 e. The van der Waals surface area contributed by atoms with Crippen LogP contribution in [0.5, 0.6) is 11.5 Å². The quantitative estimate of drug-likeness (QED) is 0.669. The van der Waals surface area contributed by atoms with Crippen molar-refractivity contribution in [3.63, 3.8) is 0 Å². The third kappa shape index (κ3) is 5.02. The van der Waals surface area contributed by atoms with E-state index in [-0.39, 0.29) is 0 Å². The van der Waals surface area contributed by atoms with E-state index in [2.05, 4.69) is 24.4 Å². The van der Waals surface area contributed by atoms with Crippen LogP contribution in [0, 0.1) is 0 Å². The first kappa shape index (κ1) is 16.8. The summed E-state index contributed by atoms with van der Waals surface area (Å²) in [6, 6.07) is 6.44. The molecule has 0 aliphatic rings. The second-order valence-corrected chi connectivity index (χ2v) is 4.76. The maximum absolute atomic E-state index is 5.38. The SMILES string of the molecule is CCCNC(CCCOC)c1ccc(OC)c(OC)c1. The summed E-state index contributed by atoms with van der Waals surface area (Å²) in [6.45, 7) is 3.97. The number of rotatable bonds is 10. The first-order valence-electron chi connectivity index (χ1n) is 7.21. The molecule has 0 spiro atoms. The predicted octanol–water partition coefficient (Wildman–Crippen LogP) is 3.17. The van der Waals surface area contributed by atoms with E-state index in [0.29, 0.717) is 6.04 Å². The number of ether oxygens (including phenoxy) is 3. The minimum absolute atomic E-state index is 0.324. The molecule has 0 radical (unpaired) electrons. The lowest BCUT2D eigenvalue weighted by Crippen LogP contribution is -2.22. The van der Waals surface area contributed by atoms with Crippen LogP contribution in [0.4, 0.5) is 0 Å². The molecule has 0 saturated heterocycles. The van der Waals surface area contributed by atoms with Gasteiger partial charge in [0.2, 0.25) is 0 Å². The summed E-state index contributed by atoms with van der Waals surface area (Å²) >= 11 is 0. The van der Waals surface area contributed by atoms with E-state index < -0.39 is 0 Å². The van der Waals surface area contributed by atoms with Gasteiger partial charge in [-0.15, -0.1) is 0 Å². The Morgan fingerprint density at radius 1 is 1.10 bits per heavy atom. The molecule has 1 atom stereocenters. The van der Waals surface area contributed by atoms with Crippen LogP contribution in [0.2, 0.25) is 0 Å². The van der Waals surface area contributed by atoms with Crippen LogP contribution in [0.25, 0.3) is 0 Å². The van der Waals surface area contributed by atoms with Crippen molar-refractivity contribution < 1.29 is 14.2 Å². The Bertz CT molecular complexity index is 382. The molecule has 0 aliphatic heterocycles. The number of methoxy groups -OCH3 is 3. The van der Waals surface area contributed by atoms with Crippen LogP contribution in [0.1, 0.15) is 37.8 Å². The molecule has 0 bridgehead atoms. The summed E-state index contributed by atoms with van der Waals surface area (Å²) < 4.78 is 15.8. The van der Waals surface area contributed by atoms with Gasteiger partial charge in [0.25, 0.3) is 0 Å². The highest BCUT2D eigenvalue weighted by Crippen LogP contribution is 2.31. The molecular weight excluding hydrogens is 254 g/mol. The number of nitrogens with one attached hydrogen (secondary N) is 1. The number of hydrogen-bond acceptors (Lipinski definition) is 4. The highest BCUT2D eigenvalue weighted by Gasteiger charge is 2.13. The first-order valence-corrected chi connectivity index (χ1v) is 7.21. The molecule has 0 fully saturated rings. The lowest BCUT2D eigenvalue weighted by molar-refractivity contribution is 0.188. The second-order valence-electron chi connectivity index (χ2n) is 4.76. The topological polar surface area (TPSA) is 39.7 Å². The lowest BCUT2D eigenvalue weighted by Gasteiger charge is -2.20. The summed E-state index contributed by atoms with van der Waals surface area (Å²) in [5.41, 5.74) is 1.23. The average Bonchev–Trinajstić information content (AvgIpc) is 2.50. The summed E-state index contributed by atoms with van der Waals surface area (Å²) in [4.78, 5) is 0. The molecule has 0 heterocycles. The number of hydrogen-bond donors (Lipinski definition) is 1. The molecule has 1 unspecified atom stereocenters. The zero-order valence-corrected chi connectivity index (χ0v) is 13.1. The van der Waals surface area contributed by atoms with Gasteiger partial charge in [-0.1, -0.05) is 13.0 Å². The van der Waals surface area contributed by atoms with Gasteiger partial charge in [-0.25, -0.2) is 0 Å². The Kier molecular flexibility index (Phi) is 8.07. The van der Waals surface area contributed by atoms with Crippen molar-refractivity contribution in [3.05, 3.63) is 23.8 Å². The van der Waals surface area contributed by atoms with Gasteiger partial charge in [-0.2, -0.15) is 0 Å². The fraction of sp³-hybridized carbons (Fsp3) is 0.625. The van der Waals surface area contributed by atoms with Gasteiger partial charge in [0.1, 0.15) is 0 Å². The van der Waals surface area contributed by atoms with Crippen LogP contribution in [-0.4, -0.2) is 34.5 Å². The molecule has 0 aromatic heterocycles. The maximum Gasteiger partial charge on any atom is 0.161 e. The summed E-state index contributed by atoms with van der Waals surface area (Å²) in [5.74, 6) is 1.54. The fourth-order valence-corrected chi connectivity index (χ4v) is 2.21. The van der Waals surface area contributed by atoms with Gasteiger partial charge in [0.05, 0.1) is 14.2 Å². The lowest BCUT2D eigenvalue weighted by atomic mass is 10.0. The highest BCUT2D eigenvalue weighted by atomic mass is 16.5. The van der Waals surface area contributed by atoms with E-state index in [1.165, 1.54) is 5.56 Å². The molecule has 20 heavy (non-hydrogen) atoms. The zero-order valence-electron chi connectivity index (χ0n) is 13.1. The molecule has 4 heteroatoms. The van der Waals surface area contributed by atoms with Crippen molar-refractivity contribution >= 4 is 0 Å². The molecule has 114 valence electrons. The third-order valence-corrected chi connectivity index (χ3v) is 3.29. The van der Waals surface area contributed by atoms with Gasteiger partial charge in [-0.05, 0) is 43.5 Å². The van der Waals surface area contributed by atoms with Crippen molar-refractivity contribution in [3.8, 4) is 11.5 Å². The van der Waals surface area contributed by atoms with E-state index in [9.17, 15) is 0 Å². The van der Waals surface area contributed by atoms with E-state index in [0.717, 1.165) is 43.9 Å². The van der Waals surface area contributed by atoms with Crippen molar-refractivity contribution in [2.45, 2.75) is 32.2 Å². The minimum Gasteiger partial charge on any atom is -0.493 e. The molecular formula is C16H27NO3. The highest BCUT2D eigenvalue weighted by molar-refractivity contribution is 5.43. The summed E-state index contributed by atoms with van der Waals surface area (Å²) in [6.07, 6.45) is 3.20. The van der Waals surface area contributed by atoms with Gasteiger partial charge >= 0.3 is 0 Å². The van der Waals surface area contributed by atoms with Crippen molar-refractivity contribution in [2.24, 2.45) is 0 Å². The van der Waals surface area contributed by atoms with E-state index in [1.54, 1.807) is 21.3 Å². The molecule has 1 N–H and O–H groups in total. The zero-order chi connectivity index (χ0) is 14.8. The van der Waals surface area contributed by atoms with Crippen molar-refractivity contribution in [2.75, 3.05) is 34.5 Å². The van der Waals surface area contributed by atoms with Crippen LogP contribution in [0.3, 0.4) is 0 Å². The van der Waals surface area contributed by atoms with Gasteiger partial charge in [0.15, 0.2) is 11.5 Å². The van der Waals surface area contributed by atoms with E-state index in [4.69, 9.17) is 14.2 Å². The third-order valence-electron chi connectivity index (χ3n) is 3.29. The largest absolute Gasteiger partial charge is 0.493 e. The Labute approximate surface area is 122 Å². The second kappa shape index (κ2) is 9.61. The predicted molar refractivity (Wildman–Crippen MR) is 81.7 cm³/mol. The van der Waals surface area contributed by atoms with E-state index in [1.807, 2.05) is 6.07 Å². The Hall–Kier alpha value is -1.26. The molecule has 1 aromatic carbocycles. The molecule has 0 saturated carbocycles. The van der Waals surface area contributed by atoms with Crippen LogP contribution < -0.4 is 14.8 Å². The molecule has 1 aromatic rings. The van der Waals surface area contributed by atoms with Crippen LogP contribution >= 0.6 is 0 Å². The molecule has 1 rings (SSSR count). The molecule has 0 amide bonds. The normalized spacial score (nSPS) is 12.2. The molecule has 0 aliphatic carbocycles. The first-order chi connectivity index (χ1) is 9.76. The Morgan fingerprint density at radius 3 is 2.45 bits per heavy atom. The van der Waals surface area contributed by atoms with Crippen molar-refractivity contribution in [1.29, 1.82) is 0 Å². The van der Waals surface area contributed by atoms with Crippen molar-refractivity contribution in [1.82, 2.24) is 5.32 Å². The van der Waals surface area contributed by atoms with Crippen LogP contribution in [0.15, 0.2) is 18.2 Å². The summed E-state index contributed by atoms with van der Waals surface area (Å²) in [5, 5.41) is 3.58. The van der Waals surface area contributed by atoms with Gasteiger partial charge < -0.3 is 19.5 Å². The van der Waals surface area contributed by atoms with Crippen LogP contribution in [-0.2, 0) is 4.74 Å². The van der Waals surface area contributed by atoms with Gasteiger partial charge in [-0.3, -0.25) is 0 Å².